The molecule has 0 fully saturated rings. The molecule has 3 heteroatoms. The molecule has 0 amide bonds. The normalized spacial score (nSPS) is 11.8. The van der Waals surface area contributed by atoms with Gasteiger partial charge in [0.25, 0.3) is 0 Å². The van der Waals surface area contributed by atoms with Gasteiger partial charge in [-0.2, -0.15) is 0 Å². The van der Waals surface area contributed by atoms with E-state index in [1.807, 2.05) is 0 Å². The Morgan fingerprint density at radius 2 is 0.818 bits per heavy atom. The second kappa shape index (κ2) is 7.22. The highest BCUT2D eigenvalue weighted by Crippen LogP contribution is 2.36. The number of fused-ring (bicyclic) bond motifs is 6. The molecule has 2 aromatic heterocycles. The fraction of sp³-hybridized carbons (Fsp3) is 0. The zero-order valence-corrected chi connectivity index (χ0v) is 19.9. The molecule has 0 saturated carbocycles. The lowest BCUT2D eigenvalue weighted by Gasteiger charge is -2.11. The second-order valence-electron chi connectivity index (χ2n) is 8.40. The van der Waals surface area contributed by atoms with Gasteiger partial charge in [-0.15, -0.1) is 0 Å². The first-order chi connectivity index (χ1) is 16.3. The van der Waals surface area contributed by atoms with Crippen LogP contribution in [0, 0.1) is 3.57 Å². The maximum absolute atomic E-state index is 2.39. The van der Waals surface area contributed by atoms with Crippen LogP contribution in [-0.2, 0) is 0 Å². The SMILES string of the molecule is Ic1ccc(-n2c3ccccc3c3ccc(-n4c5ccccc5c5ccccc54)cc32)cc1. The molecule has 156 valence electrons. The van der Waals surface area contributed by atoms with Gasteiger partial charge in [-0.25, -0.2) is 0 Å². The molecule has 0 radical (unpaired) electrons. The van der Waals surface area contributed by atoms with Crippen molar-refractivity contribution >= 4 is 66.2 Å². The Morgan fingerprint density at radius 1 is 0.394 bits per heavy atom. The van der Waals surface area contributed by atoms with Crippen molar-refractivity contribution in [2.24, 2.45) is 0 Å². The van der Waals surface area contributed by atoms with E-state index in [2.05, 4.69) is 147 Å². The summed E-state index contributed by atoms with van der Waals surface area (Å²) in [6.45, 7) is 0. The lowest BCUT2D eigenvalue weighted by atomic mass is 10.1. The Kier molecular flexibility index (Phi) is 4.15. The molecule has 0 unspecified atom stereocenters. The Balaban J connectivity index is 1.60. The average Bonchev–Trinajstić information content (AvgIpc) is 3.37. The number of nitrogens with zero attached hydrogens (tertiary/aromatic N) is 2. The third-order valence-electron chi connectivity index (χ3n) is 6.58. The smallest absolute Gasteiger partial charge is 0.0561 e. The quantitative estimate of drug-likeness (QED) is 0.197. The van der Waals surface area contributed by atoms with E-state index in [4.69, 9.17) is 0 Å². The second-order valence-corrected chi connectivity index (χ2v) is 9.65. The molecule has 7 rings (SSSR count). The Hall–Kier alpha value is -3.57. The molecule has 5 aromatic carbocycles. The largest absolute Gasteiger partial charge is 0.309 e. The molecule has 0 aliphatic heterocycles. The van der Waals surface area contributed by atoms with Crippen molar-refractivity contribution < 1.29 is 0 Å². The fourth-order valence-electron chi connectivity index (χ4n) is 5.17. The van der Waals surface area contributed by atoms with Gasteiger partial charge in [-0.05, 0) is 77.2 Å². The van der Waals surface area contributed by atoms with Crippen molar-refractivity contribution in [2.75, 3.05) is 0 Å². The first kappa shape index (κ1) is 18.9. The topological polar surface area (TPSA) is 9.86 Å². The monoisotopic (exact) mass is 534 g/mol. The van der Waals surface area contributed by atoms with Crippen LogP contribution in [0.5, 0.6) is 0 Å². The van der Waals surface area contributed by atoms with E-state index in [-0.39, 0.29) is 0 Å². The third-order valence-corrected chi connectivity index (χ3v) is 7.30. The number of hydrogen-bond acceptors (Lipinski definition) is 0. The van der Waals surface area contributed by atoms with Crippen LogP contribution in [0.4, 0.5) is 0 Å². The minimum absolute atomic E-state index is 1.18. The zero-order chi connectivity index (χ0) is 21.9. The van der Waals surface area contributed by atoms with Gasteiger partial charge in [-0.1, -0.05) is 60.7 Å². The van der Waals surface area contributed by atoms with Crippen LogP contribution < -0.4 is 0 Å². The van der Waals surface area contributed by atoms with Gasteiger partial charge in [0.2, 0.25) is 0 Å². The maximum atomic E-state index is 2.39. The summed E-state index contributed by atoms with van der Waals surface area (Å²) < 4.78 is 6.01. The third kappa shape index (κ3) is 2.79. The molecule has 0 N–H and O–H groups in total. The minimum atomic E-state index is 1.18. The van der Waals surface area contributed by atoms with Crippen LogP contribution in [0.15, 0.2) is 115 Å². The number of para-hydroxylation sites is 3. The Bertz CT molecular complexity index is 1770. The minimum Gasteiger partial charge on any atom is -0.309 e. The van der Waals surface area contributed by atoms with Crippen molar-refractivity contribution in [3.05, 3.63) is 119 Å². The van der Waals surface area contributed by atoms with Crippen molar-refractivity contribution in [1.29, 1.82) is 0 Å². The predicted molar refractivity (Wildman–Crippen MR) is 148 cm³/mol. The number of aromatic nitrogens is 2. The first-order valence-corrected chi connectivity index (χ1v) is 12.2. The summed E-state index contributed by atoms with van der Waals surface area (Å²) >= 11 is 2.37. The summed E-state index contributed by atoms with van der Waals surface area (Å²) in [6, 6.07) is 41.7. The Morgan fingerprint density at radius 3 is 1.36 bits per heavy atom. The van der Waals surface area contributed by atoms with Gasteiger partial charge >= 0.3 is 0 Å². The van der Waals surface area contributed by atoms with E-state index in [9.17, 15) is 0 Å². The highest BCUT2D eigenvalue weighted by molar-refractivity contribution is 14.1. The standard InChI is InChI=1S/C30H19IN2/c31-20-13-15-21(16-14-20)32-27-10-4-3-9-25(27)26-18-17-22(19-30(26)32)33-28-11-5-1-7-23(28)24-8-2-6-12-29(24)33/h1-19H. The van der Waals surface area contributed by atoms with E-state index < -0.39 is 0 Å². The van der Waals surface area contributed by atoms with E-state index in [1.165, 1.54) is 58.6 Å². The molecular weight excluding hydrogens is 515 g/mol. The maximum Gasteiger partial charge on any atom is 0.0561 e. The molecule has 7 aromatic rings. The van der Waals surface area contributed by atoms with Crippen LogP contribution in [0.3, 0.4) is 0 Å². The van der Waals surface area contributed by atoms with Crippen molar-refractivity contribution in [2.45, 2.75) is 0 Å². The fourth-order valence-corrected chi connectivity index (χ4v) is 5.53. The van der Waals surface area contributed by atoms with Crippen molar-refractivity contribution in [1.82, 2.24) is 9.13 Å². The van der Waals surface area contributed by atoms with Crippen LogP contribution in [-0.4, -0.2) is 9.13 Å². The van der Waals surface area contributed by atoms with E-state index in [1.54, 1.807) is 0 Å². The summed E-state index contributed by atoms with van der Waals surface area (Å²) in [5.74, 6) is 0. The van der Waals surface area contributed by atoms with Gasteiger partial charge in [0.15, 0.2) is 0 Å². The molecule has 0 bridgehead atoms. The summed E-state index contributed by atoms with van der Waals surface area (Å²) in [5.41, 5.74) is 7.27. The van der Waals surface area contributed by atoms with Crippen molar-refractivity contribution in [3.8, 4) is 11.4 Å². The first-order valence-electron chi connectivity index (χ1n) is 11.1. The van der Waals surface area contributed by atoms with Crippen LogP contribution in [0.1, 0.15) is 0 Å². The van der Waals surface area contributed by atoms with Gasteiger partial charge in [-0.3, -0.25) is 0 Å². The highest BCUT2D eigenvalue weighted by Gasteiger charge is 2.15. The van der Waals surface area contributed by atoms with E-state index in [0.29, 0.717) is 0 Å². The number of benzene rings is 5. The zero-order valence-electron chi connectivity index (χ0n) is 17.7. The number of halogens is 1. The predicted octanol–water partition coefficient (Wildman–Crippen LogP) is 8.49. The summed E-state index contributed by atoms with van der Waals surface area (Å²) in [5, 5.41) is 5.12. The number of rotatable bonds is 2. The molecule has 2 heterocycles. The molecule has 2 nitrogen and oxygen atoms in total. The van der Waals surface area contributed by atoms with Crippen LogP contribution in [0.25, 0.3) is 55.0 Å². The molecule has 0 aliphatic rings. The van der Waals surface area contributed by atoms with Crippen molar-refractivity contribution in [3.63, 3.8) is 0 Å². The average molecular weight is 534 g/mol. The molecule has 0 aliphatic carbocycles. The molecule has 33 heavy (non-hydrogen) atoms. The summed E-state index contributed by atoms with van der Waals surface area (Å²) in [6.07, 6.45) is 0. The lowest BCUT2D eigenvalue weighted by Crippen LogP contribution is -1.97. The van der Waals surface area contributed by atoms with Crippen LogP contribution >= 0.6 is 22.6 Å². The summed E-state index contributed by atoms with van der Waals surface area (Å²) in [4.78, 5) is 0. The van der Waals surface area contributed by atoms with Gasteiger partial charge in [0.05, 0.1) is 22.1 Å². The number of hydrogen-bond donors (Lipinski definition) is 0. The Labute approximate surface area is 204 Å². The molecule has 0 spiro atoms. The van der Waals surface area contributed by atoms with Gasteiger partial charge in [0, 0.05) is 36.5 Å². The lowest BCUT2D eigenvalue weighted by molar-refractivity contribution is 1.15. The van der Waals surface area contributed by atoms with Gasteiger partial charge < -0.3 is 9.13 Å². The molecular formula is C30H19IN2. The molecule has 0 atom stereocenters. The van der Waals surface area contributed by atoms with E-state index in [0.717, 1.165) is 0 Å². The van der Waals surface area contributed by atoms with E-state index >= 15 is 0 Å². The summed E-state index contributed by atoms with van der Waals surface area (Å²) in [7, 11) is 0. The van der Waals surface area contributed by atoms with Crippen LogP contribution in [0.2, 0.25) is 0 Å². The van der Waals surface area contributed by atoms with Gasteiger partial charge in [0.1, 0.15) is 0 Å². The molecule has 0 saturated heterocycles. The highest BCUT2D eigenvalue weighted by atomic mass is 127.